The van der Waals surface area contributed by atoms with Crippen LogP contribution in [-0.2, 0) is 9.53 Å². The van der Waals surface area contributed by atoms with E-state index in [1.54, 1.807) is 66.4 Å². The maximum atomic E-state index is 13.1. The molecule has 0 saturated carbocycles. The number of para-hydroxylation sites is 3. The Balaban J connectivity index is 1.51. The van der Waals surface area contributed by atoms with Crippen molar-refractivity contribution in [2.24, 2.45) is 0 Å². The number of amides is 2. The van der Waals surface area contributed by atoms with Crippen molar-refractivity contribution in [2.75, 3.05) is 22.6 Å². The molecular weight excluding hydrogens is 550 g/mol. The van der Waals surface area contributed by atoms with Gasteiger partial charge in [0, 0.05) is 10.6 Å². The second-order valence-corrected chi connectivity index (χ2v) is 10.2. The van der Waals surface area contributed by atoms with E-state index in [2.05, 4.69) is 10.6 Å². The number of nitrogens with two attached hydrogens (primary N) is 1. The molecule has 0 spiro atoms. The van der Waals surface area contributed by atoms with Gasteiger partial charge >= 0.3 is 6.09 Å². The van der Waals surface area contributed by atoms with Gasteiger partial charge in [0.05, 0.1) is 11.4 Å². The summed E-state index contributed by atoms with van der Waals surface area (Å²) in [6.45, 7) is 0. The molecule has 0 radical (unpaired) electrons. The maximum absolute atomic E-state index is 13.1. The molecule has 2 amide bonds. The quantitative estimate of drug-likeness (QED) is 0.0778. The fourth-order valence-corrected chi connectivity index (χ4v) is 4.55. The van der Waals surface area contributed by atoms with E-state index in [0.717, 1.165) is 4.90 Å². The first-order valence-electron chi connectivity index (χ1n) is 13.4. The van der Waals surface area contributed by atoms with E-state index < -0.39 is 18.3 Å². The molecule has 0 saturated heterocycles. The van der Waals surface area contributed by atoms with Gasteiger partial charge in [0.15, 0.2) is 6.10 Å². The summed E-state index contributed by atoms with van der Waals surface area (Å²) in [5.41, 5.74) is 8.16. The molecule has 0 bridgehead atoms. The zero-order valence-electron chi connectivity index (χ0n) is 23.1. The van der Waals surface area contributed by atoms with Gasteiger partial charge in [-0.15, -0.1) is 11.8 Å². The van der Waals surface area contributed by atoms with Crippen molar-refractivity contribution in [3.63, 3.8) is 0 Å². The summed E-state index contributed by atoms with van der Waals surface area (Å²) in [5.74, 6) is 0.375. The van der Waals surface area contributed by atoms with E-state index in [4.69, 9.17) is 15.2 Å². The lowest BCUT2D eigenvalue weighted by Gasteiger charge is -2.28. The van der Waals surface area contributed by atoms with Crippen LogP contribution in [0.4, 0.5) is 21.9 Å². The lowest BCUT2D eigenvalue weighted by molar-refractivity contribution is -0.111. The number of anilines is 3. The first kappa shape index (κ1) is 30.1. The molecule has 9 heteroatoms. The van der Waals surface area contributed by atoms with Crippen LogP contribution in [0.2, 0.25) is 0 Å². The van der Waals surface area contributed by atoms with Crippen molar-refractivity contribution in [1.82, 2.24) is 0 Å². The minimum atomic E-state index is -0.831. The molecule has 42 heavy (non-hydrogen) atoms. The Morgan fingerprint density at radius 2 is 1.60 bits per heavy atom. The highest BCUT2D eigenvalue weighted by molar-refractivity contribution is 7.98. The average Bonchev–Trinajstić information content (AvgIpc) is 3.00. The third-order valence-electron chi connectivity index (χ3n) is 6.27. The number of rotatable bonds is 12. The van der Waals surface area contributed by atoms with Crippen LogP contribution >= 0.6 is 11.8 Å². The van der Waals surface area contributed by atoms with Crippen molar-refractivity contribution < 1.29 is 24.2 Å². The number of allylic oxidation sites excluding steroid dienone is 1. The topological polar surface area (TPSA) is 123 Å². The Morgan fingerprint density at radius 3 is 2.29 bits per heavy atom. The Morgan fingerprint density at radius 1 is 0.905 bits per heavy atom. The van der Waals surface area contributed by atoms with Gasteiger partial charge < -0.3 is 25.6 Å². The molecule has 0 heterocycles. The molecule has 0 unspecified atom stereocenters. The number of nitrogens with one attached hydrogen (secondary N) is 2. The highest BCUT2D eigenvalue weighted by atomic mass is 32.2. The molecule has 4 rings (SSSR count). The average molecular weight is 584 g/mol. The molecule has 0 aliphatic rings. The largest absolute Gasteiger partial charge is 0.508 e. The molecule has 8 nitrogen and oxygen atoms in total. The summed E-state index contributed by atoms with van der Waals surface area (Å²) >= 11 is 1.61. The Kier molecular flexibility index (Phi) is 10.9. The van der Waals surface area contributed by atoms with Crippen LogP contribution in [0.1, 0.15) is 24.5 Å². The van der Waals surface area contributed by atoms with Gasteiger partial charge in [-0.1, -0.05) is 48.5 Å². The van der Waals surface area contributed by atoms with E-state index in [1.807, 2.05) is 48.7 Å². The van der Waals surface area contributed by atoms with Crippen LogP contribution in [0.25, 0.3) is 0 Å². The zero-order valence-corrected chi connectivity index (χ0v) is 23.9. The highest BCUT2D eigenvalue weighted by Gasteiger charge is 2.29. The predicted molar refractivity (Wildman–Crippen MR) is 168 cm³/mol. The number of hydrogen-bond donors (Lipinski definition) is 4. The summed E-state index contributed by atoms with van der Waals surface area (Å²) in [6, 6.07) is 30.1. The molecule has 0 aliphatic heterocycles. The van der Waals surface area contributed by atoms with E-state index in [0.29, 0.717) is 41.2 Å². The maximum Gasteiger partial charge on any atom is 0.412 e. The zero-order chi connectivity index (χ0) is 29.7. The van der Waals surface area contributed by atoms with Crippen molar-refractivity contribution >= 4 is 40.8 Å². The van der Waals surface area contributed by atoms with Gasteiger partial charge in [-0.3, -0.25) is 10.1 Å². The van der Waals surface area contributed by atoms with Crippen LogP contribution in [0.15, 0.2) is 120 Å². The highest BCUT2D eigenvalue weighted by Crippen LogP contribution is 2.30. The normalized spacial score (nSPS) is 12.3. The number of nitrogen functional groups attached to an aromatic ring is 1. The van der Waals surface area contributed by atoms with Crippen LogP contribution in [-0.4, -0.2) is 29.5 Å². The monoisotopic (exact) mass is 583 g/mol. The van der Waals surface area contributed by atoms with E-state index in [9.17, 15) is 14.7 Å². The fourth-order valence-electron chi connectivity index (χ4n) is 4.14. The number of thioether (sulfide) groups is 1. The van der Waals surface area contributed by atoms with Crippen LogP contribution in [0.5, 0.6) is 11.5 Å². The molecule has 5 N–H and O–H groups in total. The number of ether oxygens (including phenoxy) is 2. The van der Waals surface area contributed by atoms with Crippen molar-refractivity contribution in [1.29, 1.82) is 0 Å². The number of phenolic OH excluding ortho intramolecular Hbond substituents is 1. The van der Waals surface area contributed by atoms with Gasteiger partial charge in [-0.2, -0.15) is 0 Å². The van der Waals surface area contributed by atoms with E-state index >= 15 is 0 Å². The van der Waals surface area contributed by atoms with Gasteiger partial charge in [0.1, 0.15) is 17.6 Å². The molecule has 4 aromatic carbocycles. The first-order chi connectivity index (χ1) is 20.4. The number of aromatic hydroxyl groups is 1. The van der Waals surface area contributed by atoms with Crippen molar-refractivity contribution in [3.8, 4) is 11.5 Å². The number of carbonyl (C=O) groups is 2. The van der Waals surface area contributed by atoms with Crippen LogP contribution < -0.4 is 21.1 Å². The standard InChI is InChI=1S/C33H33N3O5S/c1-42-27-21-17-24(18-22-27)35-33(39)41-32(23-15-19-25(37)20-16-23)30(40-26-9-3-2-4-10-26)13-7-8-14-31(38)36-29-12-6-5-11-28(29)34/h2-6,8-12,14-22,30,32,37H,7,13,34H2,1H3,(H,35,39)(H,36,38)/b14-8+/t30-,32-/m1/s1. The smallest absolute Gasteiger partial charge is 0.412 e. The molecule has 4 aromatic rings. The second-order valence-electron chi connectivity index (χ2n) is 9.30. The third kappa shape index (κ3) is 9.07. The lowest BCUT2D eigenvalue weighted by Crippen LogP contribution is -2.31. The van der Waals surface area contributed by atoms with E-state index in [-0.39, 0.29) is 11.7 Å². The Hall–Kier alpha value is -4.89. The molecule has 0 aromatic heterocycles. The van der Waals surface area contributed by atoms with Crippen LogP contribution in [0.3, 0.4) is 0 Å². The number of carbonyl (C=O) groups excluding carboxylic acids is 2. The minimum absolute atomic E-state index is 0.0874. The molecule has 216 valence electrons. The summed E-state index contributed by atoms with van der Waals surface area (Å²) in [7, 11) is 0. The summed E-state index contributed by atoms with van der Waals surface area (Å²) in [4.78, 5) is 26.6. The molecular formula is C33H33N3O5S. The van der Waals surface area contributed by atoms with Gasteiger partial charge in [-0.25, -0.2) is 4.79 Å². The van der Waals surface area contributed by atoms with Crippen molar-refractivity contribution in [3.05, 3.63) is 121 Å². The molecule has 2 atom stereocenters. The van der Waals surface area contributed by atoms with Gasteiger partial charge in [0.25, 0.3) is 0 Å². The number of phenols is 1. The van der Waals surface area contributed by atoms with Gasteiger partial charge in [0.2, 0.25) is 5.91 Å². The second kappa shape index (κ2) is 15.2. The summed E-state index contributed by atoms with van der Waals surface area (Å²) in [5, 5.41) is 15.4. The Labute approximate surface area is 249 Å². The number of benzene rings is 4. The molecule has 0 aliphatic carbocycles. The predicted octanol–water partition coefficient (Wildman–Crippen LogP) is 7.41. The lowest BCUT2D eigenvalue weighted by atomic mass is 10.00. The first-order valence-corrected chi connectivity index (χ1v) is 14.6. The van der Waals surface area contributed by atoms with Gasteiger partial charge in [-0.05, 0) is 91.4 Å². The van der Waals surface area contributed by atoms with E-state index in [1.165, 1.54) is 18.2 Å². The number of hydrogen-bond acceptors (Lipinski definition) is 7. The Bertz CT molecular complexity index is 1480. The van der Waals surface area contributed by atoms with Crippen LogP contribution in [0, 0.1) is 0 Å². The fraction of sp³-hybridized carbons (Fsp3) is 0.152. The van der Waals surface area contributed by atoms with Crippen molar-refractivity contribution in [2.45, 2.75) is 29.9 Å². The summed E-state index contributed by atoms with van der Waals surface area (Å²) < 4.78 is 12.3. The molecule has 0 fully saturated rings. The third-order valence-corrected chi connectivity index (χ3v) is 7.01. The minimum Gasteiger partial charge on any atom is -0.508 e. The summed E-state index contributed by atoms with van der Waals surface area (Å²) in [6.07, 6.45) is 3.90. The SMILES string of the molecule is CSc1ccc(NC(=O)O[C@H](c2ccc(O)cc2)[C@@H](CC/C=C/C(=O)Nc2ccccc2N)Oc2ccccc2)cc1.